The molecule has 2 aromatic rings. The Labute approximate surface area is 112 Å². The SMILES string of the molecule is CC(N)c1ncc(Oc2ccc(C(F)(F)F)cn2)cn1. The lowest BCUT2D eigenvalue weighted by molar-refractivity contribution is -0.137. The fourth-order valence-corrected chi connectivity index (χ4v) is 1.34. The van der Waals surface area contributed by atoms with Gasteiger partial charge in [-0.25, -0.2) is 15.0 Å². The first-order valence-corrected chi connectivity index (χ1v) is 5.65. The van der Waals surface area contributed by atoms with Crippen LogP contribution < -0.4 is 10.5 Å². The Hall–Kier alpha value is -2.22. The highest BCUT2D eigenvalue weighted by Gasteiger charge is 2.30. The number of ether oxygens (including phenoxy) is 1. The van der Waals surface area contributed by atoms with Crippen molar-refractivity contribution in [3.63, 3.8) is 0 Å². The molecule has 2 rings (SSSR count). The molecule has 2 aromatic heterocycles. The van der Waals surface area contributed by atoms with Crippen LogP contribution in [0.1, 0.15) is 24.4 Å². The topological polar surface area (TPSA) is 73.9 Å². The quantitative estimate of drug-likeness (QED) is 0.938. The van der Waals surface area contributed by atoms with Crippen molar-refractivity contribution in [1.29, 1.82) is 0 Å². The second kappa shape index (κ2) is 5.41. The zero-order valence-corrected chi connectivity index (χ0v) is 10.4. The van der Waals surface area contributed by atoms with Gasteiger partial charge in [0.05, 0.1) is 24.0 Å². The van der Waals surface area contributed by atoms with Crippen LogP contribution >= 0.6 is 0 Å². The van der Waals surface area contributed by atoms with Gasteiger partial charge in [-0.1, -0.05) is 0 Å². The van der Waals surface area contributed by atoms with Crippen LogP contribution in [0.2, 0.25) is 0 Å². The van der Waals surface area contributed by atoms with Crippen LogP contribution in [0, 0.1) is 0 Å². The van der Waals surface area contributed by atoms with E-state index in [1.54, 1.807) is 6.92 Å². The minimum absolute atomic E-state index is 0.0233. The van der Waals surface area contributed by atoms with Crippen LogP contribution in [-0.4, -0.2) is 15.0 Å². The highest BCUT2D eigenvalue weighted by Crippen LogP contribution is 2.29. The number of halogens is 3. The van der Waals surface area contributed by atoms with Crippen LogP contribution in [0.25, 0.3) is 0 Å². The van der Waals surface area contributed by atoms with E-state index in [0.717, 1.165) is 12.1 Å². The van der Waals surface area contributed by atoms with E-state index in [1.165, 1.54) is 12.4 Å². The zero-order chi connectivity index (χ0) is 14.8. The van der Waals surface area contributed by atoms with E-state index in [0.29, 0.717) is 12.0 Å². The Morgan fingerprint density at radius 3 is 2.20 bits per heavy atom. The first-order chi connectivity index (χ1) is 9.36. The van der Waals surface area contributed by atoms with Crippen molar-refractivity contribution in [2.24, 2.45) is 5.73 Å². The Bertz CT molecular complexity index is 567. The molecule has 2 N–H and O–H groups in total. The molecule has 1 atom stereocenters. The van der Waals surface area contributed by atoms with Gasteiger partial charge in [0.15, 0.2) is 5.75 Å². The molecule has 0 spiro atoms. The molecule has 0 saturated heterocycles. The van der Waals surface area contributed by atoms with Gasteiger partial charge < -0.3 is 10.5 Å². The summed E-state index contributed by atoms with van der Waals surface area (Å²) in [4.78, 5) is 11.5. The van der Waals surface area contributed by atoms with Gasteiger partial charge in [-0.05, 0) is 13.0 Å². The minimum Gasteiger partial charge on any atom is -0.436 e. The molecule has 0 aliphatic heterocycles. The number of nitrogens with two attached hydrogens (primary N) is 1. The van der Waals surface area contributed by atoms with Crippen LogP contribution in [0.4, 0.5) is 13.2 Å². The molecule has 8 heteroatoms. The third kappa shape index (κ3) is 3.41. The lowest BCUT2D eigenvalue weighted by Crippen LogP contribution is -2.09. The Morgan fingerprint density at radius 1 is 1.10 bits per heavy atom. The predicted molar refractivity (Wildman–Crippen MR) is 63.9 cm³/mol. The molecule has 0 aromatic carbocycles. The van der Waals surface area contributed by atoms with Gasteiger partial charge in [0.25, 0.3) is 0 Å². The number of pyridine rings is 1. The van der Waals surface area contributed by atoms with E-state index in [-0.39, 0.29) is 17.7 Å². The molecule has 0 aliphatic rings. The van der Waals surface area contributed by atoms with E-state index < -0.39 is 11.7 Å². The average molecular weight is 284 g/mol. The standard InChI is InChI=1S/C12H11F3N4O/c1-7(16)11-18-5-9(6-19-11)20-10-3-2-8(4-17-10)12(13,14)15/h2-7H,16H2,1H3. The van der Waals surface area contributed by atoms with Crippen LogP contribution in [0.3, 0.4) is 0 Å². The van der Waals surface area contributed by atoms with Crippen molar-refractivity contribution >= 4 is 0 Å². The van der Waals surface area contributed by atoms with Gasteiger partial charge in [-0.3, -0.25) is 0 Å². The number of nitrogens with zero attached hydrogens (tertiary/aromatic N) is 3. The fourth-order valence-electron chi connectivity index (χ4n) is 1.34. The van der Waals surface area contributed by atoms with Crippen LogP contribution in [0.5, 0.6) is 11.6 Å². The predicted octanol–water partition coefficient (Wildman–Crippen LogP) is 2.70. The highest BCUT2D eigenvalue weighted by atomic mass is 19.4. The zero-order valence-electron chi connectivity index (χ0n) is 10.4. The van der Waals surface area contributed by atoms with E-state index in [1.807, 2.05) is 0 Å². The summed E-state index contributed by atoms with van der Waals surface area (Å²) in [7, 11) is 0. The van der Waals surface area contributed by atoms with Gasteiger partial charge in [0, 0.05) is 12.3 Å². The van der Waals surface area contributed by atoms with Gasteiger partial charge in [0.2, 0.25) is 5.88 Å². The maximum Gasteiger partial charge on any atom is 0.417 e. The molecule has 20 heavy (non-hydrogen) atoms. The number of hydrogen-bond acceptors (Lipinski definition) is 5. The lowest BCUT2D eigenvalue weighted by atomic mass is 10.3. The van der Waals surface area contributed by atoms with E-state index in [9.17, 15) is 13.2 Å². The maximum atomic E-state index is 12.4. The summed E-state index contributed by atoms with van der Waals surface area (Å²) in [6.45, 7) is 1.73. The third-order valence-corrected chi connectivity index (χ3v) is 2.34. The molecular formula is C12H11F3N4O. The van der Waals surface area contributed by atoms with Crippen molar-refractivity contribution in [2.75, 3.05) is 0 Å². The summed E-state index contributed by atoms with van der Waals surface area (Å²) < 4.78 is 42.3. The van der Waals surface area contributed by atoms with Crippen LogP contribution in [0.15, 0.2) is 30.7 Å². The van der Waals surface area contributed by atoms with Gasteiger partial charge in [-0.15, -0.1) is 0 Å². The summed E-state index contributed by atoms with van der Waals surface area (Å²) in [6.07, 6.45) is -0.962. The monoisotopic (exact) mass is 284 g/mol. The molecule has 0 fully saturated rings. The molecule has 0 amide bonds. The number of hydrogen-bond donors (Lipinski definition) is 1. The normalized spacial score (nSPS) is 13.1. The largest absolute Gasteiger partial charge is 0.436 e. The Balaban J connectivity index is 2.10. The average Bonchev–Trinajstić information content (AvgIpc) is 2.39. The molecule has 2 heterocycles. The number of alkyl halides is 3. The Morgan fingerprint density at radius 2 is 1.75 bits per heavy atom. The van der Waals surface area contributed by atoms with E-state index in [2.05, 4.69) is 15.0 Å². The molecule has 5 nitrogen and oxygen atoms in total. The number of aromatic nitrogens is 3. The molecule has 106 valence electrons. The summed E-state index contributed by atoms with van der Waals surface area (Å²) >= 11 is 0. The minimum atomic E-state index is -4.42. The molecule has 1 unspecified atom stereocenters. The Kier molecular flexibility index (Phi) is 3.84. The summed E-state index contributed by atoms with van der Waals surface area (Å²) in [5.41, 5.74) is 4.75. The maximum absolute atomic E-state index is 12.4. The molecule has 0 radical (unpaired) electrons. The van der Waals surface area contributed by atoms with Crippen LogP contribution in [-0.2, 0) is 6.18 Å². The third-order valence-electron chi connectivity index (χ3n) is 2.34. The second-order valence-electron chi connectivity index (χ2n) is 4.05. The van der Waals surface area contributed by atoms with E-state index >= 15 is 0 Å². The smallest absolute Gasteiger partial charge is 0.417 e. The fraction of sp³-hybridized carbons (Fsp3) is 0.250. The van der Waals surface area contributed by atoms with Gasteiger partial charge >= 0.3 is 6.18 Å². The summed E-state index contributed by atoms with van der Waals surface area (Å²) in [5.74, 6) is 0.731. The molecule has 0 saturated carbocycles. The summed E-state index contributed by atoms with van der Waals surface area (Å²) in [6, 6.07) is 1.70. The number of rotatable bonds is 3. The van der Waals surface area contributed by atoms with Gasteiger partial charge in [0.1, 0.15) is 5.82 Å². The van der Waals surface area contributed by atoms with Crippen molar-refractivity contribution in [2.45, 2.75) is 19.1 Å². The molecular weight excluding hydrogens is 273 g/mol. The lowest BCUT2D eigenvalue weighted by Gasteiger charge is -2.08. The second-order valence-corrected chi connectivity index (χ2v) is 4.05. The first-order valence-electron chi connectivity index (χ1n) is 5.65. The van der Waals surface area contributed by atoms with Crippen molar-refractivity contribution in [3.8, 4) is 11.6 Å². The van der Waals surface area contributed by atoms with E-state index in [4.69, 9.17) is 10.5 Å². The molecule has 0 aliphatic carbocycles. The molecule has 0 bridgehead atoms. The van der Waals surface area contributed by atoms with Crippen molar-refractivity contribution < 1.29 is 17.9 Å². The van der Waals surface area contributed by atoms with Crippen molar-refractivity contribution in [1.82, 2.24) is 15.0 Å². The summed E-state index contributed by atoms with van der Waals surface area (Å²) in [5, 5.41) is 0. The first kappa shape index (κ1) is 14.2. The van der Waals surface area contributed by atoms with Gasteiger partial charge in [-0.2, -0.15) is 13.2 Å². The van der Waals surface area contributed by atoms with Crippen molar-refractivity contribution in [3.05, 3.63) is 42.1 Å². The highest BCUT2D eigenvalue weighted by molar-refractivity contribution is 5.25.